The zero-order valence-corrected chi connectivity index (χ0v) is 11.2. The summed E-state index contributed by atoms with van der Waals surface area (Å²) in [4.78, 5) is 0. The van der Waals surface area contributed by atoms with Crippen molar-refractivity contribution < 1.29 is 4.74 Å². The Kier molecular flexibility index (Phi) is 9.12. The SMILES string of the molecule is COCCCC(CNCC(C)C)C(C)C. The summed E-state index contributed by atoms with van der Waals surface area (Å²) in [6.07, 6.45) is 2.46. The number of nitrogens with one attached hydrogen (secondary N) is 1. The molecule has 2 nitrogen and oxygen atoms in total. The molecule has 0 aromatic heterocycles. The molecule has 0 rings (SSSR count). The van der Waals surface area contributed by atoms with E-state index in [1.165, 1.54) is 12.8 Å². The Hall–Kier alpha value is -0.0800. The summed E-state index contributed by atoms with van der Waals surface area (Å²) in [5, 5.41) is 3.55. The van der Waals surface area contributed by atoms with Crippen LogP contribution in [0.2, 0.25) is 0 Å². The fraction of sp³-hybridized carbons (Fsp3) is 1.00. The standard InChI is InChI=1S/C13H29NO/c1-11(2)9-14-10-13(12(3)4)7-6-8-15-5/h11-14H,6-10H2,1-5H3. The van der Waals surface area contributed by atoms with Gasteiger partial charge < -0.3 is 10.1 Å². The Labute approximate surface area is 95.8 Å². The molecule has 0 spiro atoms. The van der Waals surface area contributed by atoms with Crippen molar-refractivity contribution in [2.45, 2.75) is 40.5 Å². The Bertz CT molecular complexity index is 134. The number of ether oxygens (including phenoxy) is 1. The first-order chi connectivity index (χ1) is 7.07. The van der Waals surface area contributed by atoms with Crippen molar-refractivity contribution in [3.05, 3.63) is 0 Å². The third kappa shape index (κ3) is 8.88. The van der Waals surface area contributed by atoms with Crippen molar-refractivity contribution in [1.29, 1.82) is 0 Å². The van der Waals surface area contributed by atoms with Crippen molar-refractivity contribution in [3.63, 3.8) is 0 Å². The molecular weight excluding hydrogens is 186 g/mol. The minimum Gasteiger partial charge on any atom is -0.385 e. The molecule has 0 bridgehead atoms. The second-order valence-corrected chi connectivity index (χ2v) is 5.19. The molecule has 1 N–H and O–H groups in total. The predicted octanol–water partition coefficient (Wildman–Crippen LogP) is 2.93. The van der Waals surface area contributed by atoms with Crippen LogP contribution in [0, 0.1) is 17.8 Å². The zero-order chi connectivity index (χ0) is 11.7. The van der Waals surface area contributed by atoms with Crippen molar-refractivity contribution >= 4 is 0 Å². The number of hydrogen-bond donors (Lipinski definition) is 1. The van der Waals surface area contributed by atoms with Gasteiger partial charge in [0.25, 0.3) is 0 Å². The lowest BCUT2D eigenvalue weighted by atomic mass is 9.91. The third-order valence-corrected chi connectivity index (χ3v) is 2.83. The van der Waals surface area contributed by atoms with Gasteiger partial charge in [-0.15, -0.1) is 0 Å². The fourth-order valence-electron chi connectivity index (χ4n) is 1.72. The van der Waals surface area contributed by atoms with Crippen LogP contribution in [0.15, 0.2) is 0 Å². The van der Waals surface area contributed by atoms with Gasteiger partial charge in [-0.25, -0.2) is 0 Å². The normalized spacial score (nSPS) is 13.8. The monoisotopic (exact) mass is 215 g/mol. The van der Waals surface area contributed by atoms with Crippen LogP contribution in [-0.4, -0.2) is 26.8 Å². The first-order valence-corrected chi connectivity index (χ1v) is 6.27. The topological polar surface area (TPSA) is 21.3 Å². The Balaban J connectivity index is 3.64. The lowest BCUT2D eigenvalue weighted by molar-refractivity contribution is 0.180. The number of methoxy groups -OCH3 is 1. The Morgan fingerprint density at radius 2 is 1.73 bits per heavy atom. The van der Waals surface area contributed by atoms with E-state index in [0.29, 0.717) is 0 Å². The maximum Gasteiger partial charge on any atom is 0.0462 e. The van der Waals surface area contributed by atoms with Gasteiger partial charge >= 0.3 is 0 Å². The van der Waals surface area contributed by atoms with Gasteiger partial charge in [-0.05, 0) is 43.7 Å². The molecule has 0 aliphatic carbocycles. The first kappa shape index (κ1) is 14.9. The van der Waals surface area contributed by atoms with E-state index in [4.69, 9.17) is 4.74 Å². The van der Waals surface area contributed by atoms with Gasteiger partial charge in [0.2, 0.25) is 0 Å². The summed E-state index contributed by atoms with van der Waals surface area (Å²) in [5.74, 6) is 2.30. The van der Waals surface area contributed by atoms with Crippen LogP contribution < -0.4 is 5.32 Å². The molecule has 92 valence electrons. The van der Waals surface area contributed by atoms with E-state index in [-0.39, 0.29) is 0 Å². The van der Waals surface area contributed by atoms with Crippen molar-refractivity contribution in [1.82, 2.24) is 5.32 Å². The second-order valence-electron chi connectivity index (χ2n) is 5.19. The number of hydrogen-bond acceptors (Lipinski definition) is 2. The van der Waals surface area contributed by atoms with E-state index in [1.54, 1.807) is 7.11 Å². The molecule has 1 atom stereocenters. The van der Waals surface area contributed by atoms with Crippen LogP contribution in [0.25, 0.3) is 0 Å². The van der Waals surface area contributed by atoms with E-state index >= 15 is 0 Å². The zero-order valence-electron chi connectivity index (χ0n) is 11.2. The van der Waals surface area contributed by atoms with Crippen LogP contribution in [0.4, 0.5) is 0 Å². The predicted molar refractivity (Wildman–Crippen MR) is 67.1 cm³/mol. The quantitative estimate of drug-likeness (QED) is 0.597. The molecule has 0 fully saturated rings. The van der Waals surface area contributed by atoms with E-state index in [9.17, 15) is 0 Å². The van der Waals surface area contributed by atoms with Crippen LogP contribution in [0.1, 0.15) is 40.5 Å². The molecule has 0 aromatic carbocycles. The Morgan fingerprint density at radius 1 is 1.07 bits per heavy atom. The highest BCUT2D eigenvalue weighted by Gasteiger charge is 2.12. The third-order valence-electron chi connectivity index (χ3n) is 2.83. The van der Waals surface area contributed by atoms with Crippen molar-refractivity contribution in [3.8, 4) is 0 Å². The highest BCUT2D eigenvalue weighted by atomic mass is 16.5. The lowest BCUT2D eigenvalue weighted by Crippen LogP contribution is -2.29. The van der Waals surface area contributed by atoms with Crippen LogP contribution in [0.5, 0.6) is 0 Å². The highest BCUT2D eigenvalue weighted by molar-refractivity contribution is 4.66. The molecule has 15 heavy (non-hydrogen) atoms. The minimum atomic E-state index is 0.747. The molecule has 2 heteroatoms. The van der Waals surface area contributed by atoms with E-state index in [1.807, 2.05) is 0 Å². The molecule has 0 aliphatic heterocycles. The summed E-state index contributed by atoms with van der Waals surface area (Å²) in [6.45, 7) is 12.3. The summed E-state index contributed by atoms with van der Waals surface area (Å²) >= 11 is 0. The Morgan fingerprint density at radius 3 is 2.20 bits per heavy atom. The van der Waals surface area contributed by atoms with Crippen LogP contribution in [-0.2, 0) is 4.74 Å². The van der Waals surface area contributed by atoms with Crippen molar-refractivity contribution in [2.75, 3.05) is 26.8 Å². The molecule has 0 saturated heterocycles. The van der Waals surface area contributed by atoms with Gasteiger partial charge in [-0.2, -0.15) is 0 Å². The maximum absolute atomic E-state index is 5.09. The summed E-state index contributed by atoms with van der Waals surface area (Å²) in [6, 6.07) is 0. The van der Waals surface area contributed by atoms with Gasteiger partial charge in [-0.3, -0.25) is 0 Å². The second kappa shape index (κ2) is 9.17. The number of rotatable bonds is 9. The van der Waals surface area contributed by atoms with Crippen LogP contribution in [0.3, 0.4) is 0 Å². The molecule has 0 heterocycles. The molecular formula is C13H29NO. The van der Waals surface area contributed by atoms with Crippen molar-refractivity contribution in [2.24, 2.45) is 17.8 Å². The molecule has 0 aliphatic rings. The molecule has 1 unspecified atom stereocenters. The van der Waals surface area contributed by atoms with E-state index in [0.717, 1.165) is 37.5 Å². The summed E-state index contributed by atoms with van der Waals surface area (Å²) < 4.78 is 5.09. The fourth-order valence-corrected chi connectivity index (χ4v) is 1.72. The molecule has 0 saturated carbocycles. The summed E-state index contributed by atoms with van der Waals surface area (Å²) in [7, 11) is 1.78. The minimum absolute atomic E-state index is 0.747. The molecule has 0 aromatic rings. The molecule has 0 amide bonds. The largest absolute Gasteiger partial charge is 0.385 e. The average Bonchev–Trinajstić information content (AvgIpc) is 2.15. The lowest BCUT2D eigenvalue weighted by Gasteiger charge is -2.21. The van der Waals surface area contributed by atoms with E-state index < -0.39 is 0 Å². The van der Waals surface area contributed by atoms with Crippen LogP contribution >= 0.6 is 0 Å². The maximum atomic E-state index is 5.09. The highest BCUT2D eigenvalue weighted by Crippen LogP contribution is 2.16. The van der Waals surface area contributed by atoms with E-state index in [2.05, 4.69) is 33.0 Å². The first-order valence-electron chi connectivity index (χ1n) is 6.27. The smallest absolute Gasteiger partial charge is 0.0462 e. The van der Waals surface area contributed by atoms with Gasteiger partial charge in [0.05, 0.1) is 0 Å². The average molecular weight is 215 g/mol. The van der Waals surface area contributed by atoms with Gasteiger partial charge in [0, 0.05) is 13.7 Å². The van der Waals surface area contributed by atoms with Gasteiger partial charge in [0.15, 0.2) is 0 Å². The summed E-state index contributed by atoms with van der Waals surface area (Å²) in [5.41, 5.74) is 0. The van der Waals surface area contributed by atoms with Gasteiger partial charge in [0.1, 0.15) is 0 Å². The molecule has 0 radical (unpaired) electrons. The van der Waals surface area contributed by atoms with Gasteiger partial charge in [-0.1, -0.05) is 27.7 Å².